The Bertz CT molecular complexity index is 403. The van der Waals surface area contributed by atoms with Crippen LogP contribution in [0.4, 0.5) is 5.69 Å². The van der Waals surface area contributed by atoms with E-state index in [0.717, 1.165) is 19.0 Å². The maximum atomic E-state index is 4.31. The van der Waals surface area contributed by atoms with Crippen molar-refractivity contribution in [3.8, 4) is 0 Å². The highest BCUT2D eigenvalue weighted by Gasteiger charge is 2.20. The van der Waals surface area contributed by atoms with Gasteiger partial charge in [-0.3, -0.25) is 4.98 Å². The zero-order valence-corrected chi connectivity index (χ0v) is 13.2. The molecular formula is C17H29N3. The molecular weight excluding hydrogens is 246 g/mol. The van der Waals surface area contributed by atoms with Gasteiger partial charge in [0.05, 0.1) is 0 Å². The van der Waals surface area contributed by atoms with Gasteiger partial charge < -0.3 is 10.2 Å². The third kappa shape index (κ3) is 4.20. The zero-order chi connectivity index (χ0) is 14.4. The first-order valence-corrected chi connectivity index (χ1v) is 8.09. The van der Waals surface area contributed by atoms with Crippen molar-refractivity contribution < 1.29 is 0 Å². The fourth-order valence-electron chi connectivity index (χ4n) is 2.98. The number of nitrogens with one attached hydrogen (secondary N) is 1. The van der Waals surface area contributed by atoms with E-state index < -0.39 is 0 Å². The second-order valence-corrected chi connectivity index (χ2v) is 6.39. The van der Waals surface area contributed by atoms with Crippen LogP contribution in [0.5, 0.6) is 0 Å². The molecule has 0 radical (unpaired) electrons. The fraction of sp³-hybridized carbons (Fsp3) is 0.706. The summed E-state index contributed by atoms with van der Waals surface area (Å²) in [6.07, 6.45) is 7.95. The van der Waals surface area contributed by atoms with E-state index >= 15 is 0 Å². The molecule has 1 aromatic heterocycles. The van der Waals surface area contributed by atoms with Crippen molar-refractivity contribution in [3.05, 3.63) is 24.0 Å². The fourth-order valence-corrected chi connectivity index (χ4v) is 2.98. The van der Waals surface area contributed by atoms with Gasteiger partial charge in [0.2, 0.25) is 0 Å². The Hall–Kier alpha value is -1.09. The summed E-state index contributed by atoms with van der Waals surface area (Å²) >= 11 is 0. The second-order valence-electron chi connectivity index (χ2n) is 6.39. The van der Waals surface area contributed by atoms with Crippen molar-refractivity contribution in [1.82, 2.24) is 10.3 Å². The van der Waals surface area contributed by atoms with Gasteiger partial charge in [0.15, 0.2) is 0 Å². The van der Waals surface area contributed by atoms with Crippen molar-refractivity contribution in [2.24, 2.45) is 11.8 Å². The van der Waals surface area contributed by atoms with Crippen LogP contribution in [0, 0.1) is 11.8 Å². The highest BCUT2D eigenvalue weighted by atomic mass is 15.1. The van der Waals surface area contributed by atoms with Gasteiger partial charge in [0, 0.05) is 43.3 Å². The molecule has 1 aliphatic heterocycles. The number of rotatable bonds is 6. The highest BCUT2D eigenvalue weighted by molar-refractivity contribution is 5.52. The normalized spacial score (nSPS) is 19.6. The molecule has 1 aliphatic rings. The van der Waals surface area contributed by atoms with Crippen molar-refractivity contribution >= 4 is 5.69 Å². The first-order valence-electron chi connectivity index (χ1n) is 8.09. The summed E-state index contributed by atoms with van der Waals surface area (Å²) < 4.78 is 0. The summed E-state index contributed by atoms with van der Waals surface area (Å²) in [7, 11) is 0. The van der Waals surface area contributed by atoms with E-state index in [-0.39, 0.29) is 0 Å². The summed E-state index contributed by atoms with van der Waals surface area (Å²) in [5.41, 5.74) is 2.72. The van der Waals surface area contributed by atoms with Crippen LogP contribution in [0.2, 0.25) is 0 Å². The molecule has 0 aromatic carbocycles. The first kappa shape index (κ1) is 15.3. The molecule has 0 aliphatic carbocycles. The molecule has 1 atom stereocenters. The van der Waals surface area contributed by atoms with Gasteiger partial charge in [0.25, 0.3) is 0 Å². The molecule has 0 bridgehead atoms. The van der Waals surface area contributed by atoms with Gasteiger partial charge in [0.1, 0.15) is 0 Å². The monoisotopic (exact) mass is 275 g/mol. The van der Waals surface area contributed by atoms with Crippen molar-refractivity contribution in [3.63, 3.8) is 0 Å². The third-order valence-corrected chi connectivity index (χ3v) is 4.18. The van der Waals surface area contributed by atoms with Crippen LogP contribution in [0.1, 0.15) is 45.6 Å². The minimum Gasteiger partial charge on any atom is -0.371 e. The number of hydrogen-bond donors (Lipinski definition) is 1. The maximum Gasteiger partial charge on any atom is 0.0442 e. The quantitative estimate of drug-likeness (QED) is 0.862. The second kappa shape index (κ2) is 7.63. The van der Waals surface area contributed by atoms with Gasteiger partial charge >= 0.3 is 0 Å². The topological polar surface area (TPSA) is 28.2 Å². The van der Waals surface area contributed by atoms with E-state index in [2.05, 4.69) is 42.0 Å². The molecule has 20 heavy (non-hydrogen) atoms. The lowest BCUT2D eigenvalue weighted by Crippen LogP contribution is -2.36. The molecule has 2 heterocycles. The van der Waals surface area contributed by atoms with Crippen LogP contribution in [0.25, 0.3) is 0 Å². The summed E-state index contributed by atoms with van der Waals surface area (Å²) in [6, 6.07) is 2.18. The molecule has 2 rings (SSSR count). The lowest BCUT2D eigenvalue weighted by molar-refractivity contribution is 0.404. The molecule has 1 saturated heterocycles. The van der Waals surface area contributed by atoms with Crippen molar-refractivity contribution in [1.29, 1.82) is 0 Å². The molecule has 3 nitrogen and oxygen atoms in total. The molecule has 1 fully saturated rings. The minimum absolute atomic E-state index is 0.689. The van der Waals surface area contributed by atoms with E-state index in [4.69, 9.17) is 0 Å². The van der Waals surface area contributed by atoms with Crippen molar-refractivity contribution in [2.75, 3.05) is 24.5 Å². The highest BCUT2D eigenvalue weighted by Crippen LogP contribution is 2.27. The van der Waals surface area contributed by atoms with Gasteiger partial charge in [-0.2, -0.15) is 0 Å². The summed E-state index contributed by atoms with van der Waals surface area (Å²) in [4.78, 5) is 6.87. The average Bonchev–Trinajstić information content (AvgIpc) is 2.47. The number of anilines is 1. The molecule has 1 N–H and O–H groups in total. The van der Waals surface area contributed by atoms with Crippen LogP contribution in [-0.4, -0.2) is 24.6 Å². The van der Waals surface area contributed by atoms with Crippen molar-refractivity contribution in [2.45, 2.75) is 46.6 Å². The molecule has 3 heteroatoms. The lowest BCUT2D eigenvalue weighted by Gasteiger charge is -2.35. The Kier molecular flexibility index (Phi) is 5.84. The Balaban J connectivity index is 2.03. The van der Waals surface area contributed by atoms with E-state index in [0.29, 0.717) is 5.92 Å². The van der Waals surface area contributed by atoms with E-state index in [9.17, 15) is 0 Å². The summed E-state index contributed by atoms with van der Waals surface area (Å²) in [6.45, 7) is 11.2. The maximum absolute atomic E-state index is 4.31. The number of hydrogen-bond acceptors (Lipinski definition) is 3. The first-order chi connectivity index (χ1) is 9.70. The van der Waals surface area contributed by atoms with Crippen LogP contribution >= 0.6 is 0 Å². The summed E-state index contributed by atoms with van der Waals surface area (Å²) in [5.74, 6) is 1.54. The molecule has 1 unspecified atom stereocenters. The predicted octanol–water partition coefficient (Wildman–Crippen LogP) is 3.45. The standard InChI is InChI=1S/C17H29N3/c1-4-15-6-5-9-20(13-15)17-7-8-18-11-16(17)12-19-10-14(2)3/h7-8,11,14-15,19H,4-6,9-10,12-13H2,1-3H3. The van der Waals surface area contributed by atoms with E-state index in [1.54, 1.807) is 0 Å². The molecule has 0 spiro atoms. The minimum atomic E-state index is 0.689. The van der Waals surface area contributed by atoms with Crippen LogP contribution in [-0.2, 0) is 6.54 Å². The van der Waals surface area contributed by atoms with Crippen LogP contribution in [0.3, 0.4) is 0 Å². The smallest absolute Gasteiger partial charge is 0.0442 e. The van der Waals surface area contributed by atoms with Crippen LogP contribution < -0.4 is 10.2 Å². The van der Waals surface area contributed by atoms with Gasteiger partial charge in [-0.15, -0.1) is 0 Å². The Morgan fingerprint density at radius 1 is 1.45 bits per heavy atom. The lowest BCUT2D eigenvalue weighted by atomic mass is 9.95. The molecule has 0 amide bonds. The Morgan fingerprint density at radius 2 is 2.30 bits per heavy atom. The van der Waals surface area contributed by atoms with E-state index in [1.165, 1.54) is 43.6 Å². The Morgan fingerprint density at radius 3 is 3.05 bits per heavy atom. The molecule has 112 valence electrons. The third-order valence-electron chi connectivity index (χ3n) is 4.18. The predicted molar refractivity (Wildman–Crippen MR) is 86.0 cm³/mol. The number of aromatic nitrogens is 1. The zero-order valence-electron chi connectivity index (χ0n) is 13.2. The van der Waals surface area contributed by atoms with E-state index in [1.807, 2.05) is 12.4 Å². The average molecular weight is 275 g/mol. The van der Waals surface area contributed by atoms with Gasteiger partial charge in [-0.25, -0.2) is 0 Å². The largest absolute Gasteiger partial charge is 0.371 e. The molecule has 1 aromatic rings. The van der Waals surface area contributed by atoms with Crippen LogP contribution in [0.15, 0.2) is 18.5 Å². The number of piperidine rings is 1. The SMILES string of the molecule is CCC1CCCN(c2ccncc2CNCC(C)C)C1. The Labute approximate surface area is 123 Å². The van der Waals surface area contributed by atoms with Gasteiger partial charge in [-0.1, -0.05) is 27.2 Å². The number of nitrogens with zero attached hydrogens (tertiary/aromatic N) is 2. The molecule has 0 saturated carbocycles. The van der Waals surface area contributed by atoms with Gasteiger partial charge in [-0.05, 0) is 37.3 Å². The number of pyridine rings is 1. The summed E-state index contributed by atoms with van der Waals surface area (Å²) in [5, 5.41) is 3.54.